The van der Waals surface area contributed by atoms with Crippen LogP contribution in [-0.2, 0) is 19.3 Å². The molecule has 0 radical (unpaired) electrons. The minimum atomic E-state index is -4.39. The quantitative estimate of drug-likeness (QED) is 0.263. The Hall–Kier alpha value is -2.89. The molecule has 0 atom stereocenters. The number of anilines is 2. The van der Waals surface area contributed by atoms with Crippen molar-refractivity contribution in [2.45, 2.75) is 19.3 Å². The van der Waals surface area contributed by atoms with E-state index in [9.17, 15) is 13.2 Å². The second-order valence-electron chi connectivity index (χ2n) is 7.32. The van der Waals surface area contributed by atoms with Gasteiger partial charge in [0.25, 0.3) is 0 Å². The van der Waals surface area contributed by atoms with Gasteiger partial charge < -0.3 is 10.6 Å². The zero-order valence-electron chi connectivity index (χ0n) is 17.4. The summed E-state index contributed by atoms with van der Waals surface area (Å²) in [5, 5.41) is 15.6. The first-order chi connectivity index (χ1) is 16.2. The fourth-order valence-corrected chi connectivity index (χ4v) is 4.01. The summed E-state index contributed by atoms with van der Waals surface area (Å²) in [5.74, 6) is 0.515. The van der Waals surface area contributed by atoms with Crippen molar-refractivity contribution in [1.82, 2.24) is 19.6 Å². The Kier molecular flexibility index (Phi) is 7.24. The molecule has 2 aromatic carbocycles. The van der Waals surface area contributed by atoms with Gasteiger partial charge in [-0.2, -0.15) is 23.4 Å². The van der Waals surface area contributed by atoms with Gasteiger partial charge in [0.05, 0.1) is 35.0 Å². The Morgan fingerprint density at radius 2 is 1.82 bits per heavy atom. The molecule has 0 unspecified atom stereocenters. The zero-order chi connectivity index (χ0) is 24.3. The van der Waals surface area contributed by atoms with Gasteiger partial charge in [0.1, 0.15) is 0 Å². The minimum absolute atomic E-state index is 0.184. The SMILES string of the molecule is FC(F)(F)c1cccc(Cn2cc(NC(=S)Nc3nn(Cc4ccccc4Cl)cc3Br)cn2)c1. The highest BCUT2D eigenvalue weighted by molar-refractivity contribution is 9.10. The third-order valence-corrected chi connectivity index (χ3v) is 5.88. The molecule has 34 heavy (non-hydrogen) atoms. The highest BCUT2D eigenvalue weighted by atomic mass is 79.9. The fourth-order valence-electron chi connectivity index (χ4n) is 3.18. The van der Waals surface area contributed by atoms with Crippen molar-refractivity contribution in [3.05, 3.63) is 93.3 Å². The fraction of sp³-hybridized carbons (Fsp3) is 0.136. The maximum absolute atomic E-state index is 12.9. The first-order valence-corrected chi connectivity index (χ1v) is 11.5. The first kappa shape index (κ1) is 24.2. The van der Waals surface area contributed by atoms with Crippen LogP contribution in [0.25, 0.3) is 0 Å². The van der Waals surface area contributed by atoms with Crippen LogP contribution in [0.3, 0.4) is 0 Å². The molecule has 0 fully saturated rings. The summed E-state index contributed by atoms with van der Waals surface area (Å²) in [7, 11) is 0. The summed E-state index contributed by atoms with van der Waals surface area (Å²) in [6.45, 7) is 0.673. The Morgan fingerprint density at radius 3 is 2.59 bits per heavy atom. The van der Waals surface area contributed by atoms with E-state index in [1.54, 1.807) is 23.1 Å². The standard InChI is InChI=1S/C22H17BrClF3N6S/c23-18-13-33(11-15-5-1-2-7-19(15)24)31-20(18)30-21(34)29-17-9-28-32(12-17)10-14-4-3-6-16(8-14)22(25,26)27/h1-9,12-13H,10-11H2,(H2,29,30,31,34). The summed E-state index contributed by atoms with van der Waals surface area (Å²) in [6.07, 6.45) is 0.604. The van der Waals surface area contributed by atoms with Crippen molar-refractivity contribution in [3.63, 3.8) is 0 Å². The average Bonchev–Trinajstić information content (AvgIpc) is 3.35. The van der Waals surface area contributed by atoms with Gasteiger partial charge >= 0.3 is 6.18 Å². The normalized spacial score (nSPS) is 11.4. The zero-order valence-corrected chi connectivity index (χ0v) is 20.5. The van der Waals surface area contributed by atoms with Gasteiger partial charge in [0.15, 0.2) is 10.9 Å². The van der Waals surface area contributed by atoms with Crippen LogP contribution in [0.2, 0.25) is 5.02 Å². The number of halogens is 5. The lowest BCUT2D eigenvalue weighted by atomic mass is 10.1. The number of aromatic nitrogens is 4. The molecule has 2 N–H and O–H groups in total. The van der Waals surface area contributed by atoms with Crippen LogP contribution in [0.1, 0.15) is 16.7 Å². The number of nitrogens with one attached hydrogen (secondary N) is 2. The van der Waals surface area contributed by atoms with Crippen LogP contribution in [0.4, 0.5) is 24.7 Å². The maximum atomic E-state index is 12.9. The van der Waals surface area contributed by atoms with Crippen LogP contribution in [0.15, 0.2) is 71.6 Å². The van der Waals surface area contributed by atoms with Gasteiger partial charge in [-0.3, -0.25) is 9.36 Å². The Bertz CT molecular complexity index is 1320. The van der Waals surface area contributed by atoms with E-state index in [0.29, 0.717) is 33.1 Å². The second kappa shape index (κ2) is 10.2. The van der Waals surface area contributed by atoms with Crippen LogP contribution < -0.4 is 10.6 Å². The van der Waals surface area contributed by atoms with E-state index in [2.05, 4.69) is 36.8 Å². The maximum Gasteiger partial charge on any atom is 0.416 e. The molecular formula is C22H17BrClF3N6S. The van der Waals surface area contributed by atoms with Gasteiger partial charge in [-0.25, -0.2) is 0 Å². The van der Waals surface area contributed by atoms with Crippen LogP contribution >= 0.6 is 39.7 Å². The number of hydrogen-bond acceptors (Lipinski definition) is 3. The van der Waals surface area contributed by atoms with Gasteiger partial charge in [0.2, 0.25) is 0 Å². The van der Waals surface area contributed by atoms with Crippen molar-refractivity contribution < 1.29 is 13.2 Å². The summed E-state index contributed by atoms with van der Waals surface area (Å²) >= 11 is 15.0. The number of nitrogens with zero attached hydrogens (tertiary/aromatic N) is 4. The number of alkyl halides is 3. The Morgan fingerprint density at radius 1 is 1.03 bits per heavy atom. The van der Waals surface area contributed by atoms with Gasteiger partial charge in [-0.05, 0) is 57.5 Å². The molecule has 2 heterocycles. The predicted octanol–water partition coefficient (Wildman–Crippen LogP) is 6.42. The van der Waals surface area contributed by atoms with E-state index in [0.717, 1.165) is 17.7 Å². The molecule has 12 heteroatoms. The van der Waals surface area contributed by atoms with E-state index in [-0.39, 0.29) is 11.7 Å². The molecule has 0 amide bonds. The molecule has 0 aliphatic heterocycles. The van der Waals surface area contributed by atoms with Crippen LogP contribution in [-0.4, -0.2) is 24.7 Å². The first-order valence-electron chi connectivity index (χ1n) is 9.90. The third-order valence-electron chi connectivity index (χ3n) is 4.73. The van der Waals surface area contributed by atoms with Gasteiger partial charge in [-0.1, -0.05) is 41.9 Å². The Labute approximate surface area is 211 Å². The summed E-state index contributed by atoms with van der Waals surface area (Å²) in [4.78, 5) is 0. The number of rotatable bonds is 6. The molecular weight excluding hydrogens is 553 g/mol. The largest absolute Gasteiger partial charge is 0.416 e. The lowest BCUT2D eigenvalue weighted by Gasteiger charge is -2.09. The van der Waals surface area contributed by atoms with Gasteiger partial charge in [0, 0.05) is 17.4 Å². The topological polar surface area (TPSA) is 59.7 Å². The van der Waals surface area contributed by atoms with E-state index in [4.69, 9.17) is 23.8 Å². The smallest absolute Gasteiger partial charge is 0.330 e. The predicted molar refractivity (Wildman–Crippen MR) is 133 cm³/mol. The monoisotopic (exact) mass is 568 g/mol. The summed E-state index contributed by atoms with van der Waals surface area (Å²) in [5.41, 5.74) is 1.30. The second-order valence-corrected chi connectivity index (χ2v) is 8.99. The summed E-state index contributed by atoms with van der Waals surface area (Å²) < 4.78 is 42.7. The molecule has 0 saturated heterocycles. The minimum Gasteiger partial charge on any atom is -0.330 e. The molecule has 4 aromatic rings. The van der Waals surface area contributed by atoms with Crippen LogP contribution in [0.5, 0.6) is 0 Å². The molecule has 2 aromatic heterocycles. The van der Waals surface area contributed by atoms with Crippen molar-refractivity contribution in [2.75, 3.05) is 10.6 Å². The number of benzene rings is 2. The molecule has 0 spiro atoms. The van der Waals surface area contributed by atoms with Crippen molar-refractivity contribution in [1.29, 1.82) is 0 Å². The molecule has 6 nitrogen and oxygen atoms in total. The average molecular weight is 570 g/mol. The van der Waals surface area contributed by atoms with E-state index >= 15 is 0 Å². The van der Waals surface area contributed by atoms with Crippen LogP contribution in [0, 0.1) is 0 Å². The molecule has 0 aliphatic carbocycles. The lowest BCUT2D eigenvalue weighted by Crippen LogP contribution is -2.19. The number of hydrogen-bond donors (Lipinski definition) is 2. The number of thiocarbonyl (C=S) groups is 1. The highest BCUT2D eigenvalue weighted by Crippen LogP contribution is 2.29. The van der Waals surface area contributed by atoms with E-state index < -0.39 is 11.7 Å². The van der Waals surface area contributed by atoms with Crippen molar-refractivity contribution >= 4 is 56.4 Å². The van der Waals surface area contributed by atoms with Crippen molar-refractivity contribution in [3.8, 4) is 0 Å². The highest BCUT2D eigenvalue weighted by Gasteiger charge is 2.30. The van der Waals surface area contributed by atoms with E-state index in [1.165, 1.54) is 16.9 Å². The molecule has 0 bridgehead atoms. The third kappa shape index (κ3) is 6.16. The Balaban J connectivity index is 1.36. The molecule has 0 saturated carbocycles. The van der Waals surface area contributed by atoms with Crippen molar-refractivity contribution in [2.24, 2.45) is 0 Å². The summed E-state index contributed by atoms with van der Waals surface area (Å²) in [6, 6.07) is 12.7. The van der Waals surface area contributed by atoms with Gasteiger partial charge in [-0.15, -0.1) is 0 Å². The molecule has 4 rings (SSSR count). The molecule has 0 aliphatic rings. The lowest BCUT2D eigenvalue weighted by molar-refractivity contribution is -0.137. The van der Waals surface area contributed by atoms with E-state index in [1.807, 2.05) is 24.3 Å². The molecule has 176 valence electrons.